The average molecular weight is 425 g/mol. The third-order valence-corrected chi connectivity index (χ3v) is 6.76. The van der Waals surface area contributed by atoms with Crippen LogP contribution in [0.3, 0.4) is 0 Å². The number of ether oxygens (including phenoxy) is 1. The number of halogens is 1. The number of aromatic nitrogens is 1. The molecule has 3 heterocycles. The fourth-order valence-corrected chi connectivity index (χ4v) is 4.96. The van der Waals surface area contributed by atoms with Crippen molar-refractivity contribution >= 4 is 11.8 Å². The molecule has 2 fully saturated rings. The molecule has 0 spiro atoms. The lowest BCUT2D eigenvalue weighted by atomic mass is 9.76. The summed E-state index contributed by atoms with van der Waals surface area (Å²) in [7, 11) is 0. The molecule has 3 atom stereocenters. The molecule has 2 amide bonds. The van der Waals surface area contributed by atoms with Gasteiger partial charge in [-0.15, -0.1) is 0 Å². The van der Waals surface area contributed by atoms with Gasteiger partial charge >= 0.3 is 0 Å². The van der Waals surface area contributed by atoms with Gasteiger partial charge < -0.3 is 15.0 Å². The molecule has 2 aliphatic heterocycles. The van der Waals surface area contributed by atoms with Crippen molar-refractivity contribution in [2.75, 3.05) is 13.2 Å². The third kappa shape index (κ3) is 3.44. The predicted molar refractivity (Wildman–Crippen MR) is 111 cm³/mol. The topological polar surface area (TPSA) is 80.6 Å². The fourth-order valence-electron chi connectivity index (χ4n) is 4.96. The Labute approximate surface area is 178 Å². The largest absolute Gasteiger partial charge is 0.378 e. The number of carbonyl (C=O) groups excluding carboxylic acids is 2. The zero-order valence-corrected chi connectivity index (χ0v) is 17.3. The van der Waals surface area contributed by atoms with E-state index in [1.54, 1.807) is 11.1 Å². The minimum absolute atomic E-state index is 0.00633. The molecule has 162 valence electrons. The van der Waals surface area contributed by atoms with Gasteiger partial charge in [0.2, 0.25) is 5.91 Å². The van der Waals surface area contributed by atoms with Crippen molar-refractivity contribution in [2.24, 2.45) is 5.92 Å². The number of amides is 2. The highest BCUT2D eigenvalue weighted by molar-refractivity contribution is 5.96. The molecule has 2 aromatic rings. The number of carbonyl (C=O) groups is 2. The highest BCUT2D eigenvalue weighted by Crippen LogP contribution is 2.38. The molecule has 31 heavy (non-hydrogen) atoms. The summed E-state index contributed by atoms with van der Waals surface area (Å²) in [6.45, 7) is 3.00. The van der Waals surface area contributed by atoms with Crippen molar-refractivity contribution in [3.8, 4) is 5.69 Å². The van der Waals surface area contributed by atoms with Gasteiger partial charge in [0.25, 0.3) is 11.5 Å². The number of fused-ring (bicyclic) bond motifs is 2. The van der Waals surface area contributed by atoms with Crippen LogP contribution in [0.4, 0.5) is 4.39 Å². The molecule has 3 aliphatic rings. The van der Waals surface area contributed by atoms with E-state index in [1.807, 2.05) is 0 Å². The summed E-state index contributed by atoms with van der Waals surface area (Å²) in [5, 5.41) is 3.04. The molecule has 1 aromatic carbocycles. The van der Waals surface area contributed by atoms with Gasteiger partial charge in [0.1, 0.15) is 11.4 Å². The maximum Gasteiger partial charge on any atom is 0.268 e. The Kier molecular flexibility index (Phi) is 4.89. The van der Waals surface area contributed by atoms with Crippen molar-refractivity contribution in [3.63, 3.8) is 0 Å². The van der Waals surface area contributed by atoms with E-state index in [9.17, 15) is 18.8 Å². The van der Waals surface area contributed by atoms with E-state index >= 15 is 0 Å². The lowest BCUT2D eigenvalue weighted by molar-refractivity contribution is -0.129. The Balaban J connectivity index is 1.55. The van der Waals surface area contributed by atoms with E-state index in [4.69, 9.17) is 4.74 Å². The first-order chi connectivity index (χ1) is 14.9. The maximum absolute atomic E-state index is 13.4. The SMILES string of the molecule is CC(=O)N1CCc2c(cn(-c3ccc(F)cc3)c(=O)c2C(=O)N[C@@H]2C[C@H]3OCC[C@@H]23)C1. The van der Waals surface area contributed by atoms with E-state index in [0.717, 1.165) is 18.4 Å². The summed E-state index contributed by atoms with van der Waals surface area (Å²) < 4.78 is 20.4. The summed E-state index contributed by atoms with van der Waals surface area (Å²) >= 11 is 0. The number of rotatable bonds is 3. The highest BCUT2D eigenvalue weighted by Gasteiger charge is 2.46. The van der Waals surface area contributed by atoms with Crippen LogP contribution < -0.4 is 10.9 Å². The monoisotopic (exact) mass is 425 g/mol. The summed E-state index contributed by atoms with van der Waals surface area (Å²) in [5.41, 5.74) is 1.60. The van der Waals surface area contributed by atoms with Crippen LogP contribution >= 0.6 is 0 Å². The number of pyridine rings is 1. The highest BCUT2D eigenvalue weighted by atomic mass is 19.1. The summed E-state index contributed by atoms with van der Waals surface area (Å²) in [6, 6.07) is 5.56. The van der Waals surface area contributed by atoms with Crippen LogP contribution in [0.1, 0.15) is 41.3 Å². The van der Waals surface area contributed by atoms with Crippen LogP contribution in [0.5, 0.6) is 0 Å². The number of hydrogen-bond acceptors (Lipinski definition) is 4. The lowest BCUT2D eigenvalue weighted by Gasteiger charge is -2.39. The minimum Gasteiger partial charge on any atom is -0.378 e. The number of benzene rings is 1. The molecule has 1 saturated carbocycles. The van der Waals surface area contributed by atoms with Crippen molar-refractivity contribution in [3.05, 3.63) is 63.3 Å². The van der Waals surface area contributed by atoms with E-state index in [1.165, 1.54) is 35.8 Å². The van der Waals surface area contributed by atoms with Crippen LogP contribution in [0.15, 0.2) is 35.3 Å². The third-order valence-electron chi connectivity index (χ3n) is 6.76. The molecule has 1 aromatic heterocycles. The second-order valence-electron chi connectivity index (χ2n) is 8.53. The number of hydrogen-bond donors (Lipinski definition) is 1. The maximum atomic E-state index is 13.4. The van der Waals surface area contributed by atoms with Gasteiger partial charge in [-0.05, 0) is 54.7 Å². The zero-order chi connectivity index (χ0) is 21.7. The van der Waals surface area contributed by atoms with Crippen molar-refractivity contribution in [1.29, 1.82) is 0 Å². The fraction of sp³-hybridized carbons (Fsp3) is 0.435. The Morgan fingerprint density at radius 1 is 1.23 bits per heavy atom. The molecule has 8 heteroatoms. The quantitative estimate of drug-likeness (QED) is 0.813. The molecule has 7 nitrogen and oxygen atoms in total. The Morgan fingerprint density at radius 3 is 2.71 bits per heavy atom. The van der Waals surface area contributed by atoms with E-state index in [0.29, 0.717) is 43.3 Å². The second-order valence-corrected chi connectivity index (χ2v) is 8.53. The predicted octanol–water partition coefficient (Wildman–Crippen LogP) is 1.79. The average Bonchev–Trinajstić information content (AvgIpc) is 3.12. The Hall–Kier alpha value is -3.00. The van der Waals surface area contributed by atoms with Gasteiger partial charge in [0.15, 0.2) is 0 Å². The summed E-state index contributed by atoms with van der Waals surface area (Å²) in [5.74, 6) is -0.549. The first kappa shape index (κ1) is 19.9. The smallest absolute Gasteiger partial charge is 0.268 e. The van der Waals surface area contributed by atoms with Crippen LogP contribution in [-0.2, 0) is 22.5 Å². The van der Waals surface area contributed by atoms with Crippen LogP contribution in [-0.4, -0.2) is 46.6 Å². The van der Waals surface area contributed by atoms with Gasteiger partial charge in [-0.3, -0.25) is 19.0 Å². The summed E-state index contributed by atoms with van der Waals surface area (Å²) in [4.78, 5) is 40.3. The molecule has 5 rings (SSSR count). The van der Waals surface area contributed by atoms with E-state index < -0.39 is 11.4 Å². The molecular formula is C23H24FN3O4. The first-order valence-corrected chi connectivity index (χ1v) is 10.6. The molecule has 0 bridgehead atoms. The molecule has 1 saturated heterocycles. The molecule has 1 aliphatic carbocycles. The molecular weight excluding hydrogens is 401 g/mol. The zero-order valence-electron chi connectivity index (χ0n) is 17.3. The lowest BCUT2D eigenvalue weighted by Crippen LogP contribution is -2.54. The second kappa shape index (κ2) is 7.60. The Bertz CT molecular complexity index is 1110. The molecule has 0 radical (unpaired) electrons. The normalized spacial score (nSPS) is 24.2. The van der Waals surface area contributed by atoms with Gasteiger partial charge in [-0.2, -0.15) is 0 Å². The van der Waals surface area contributed by atoms with Gasteiger partial charge in [0, 0.05) is 50.5 Å². The molecule has 0 unspecified atom stereocenters. The van der Waals surface area contributed by atoms with Crippen LogP contribution in [0.2, 0.25) is 0 Å². The van der Waals surface area contributed by atoms with Gasteiger partial charge in [-0.25, -0.2) is 4.39 Å². The summed E-state index contributed by atoms with van der Waals surface area (Å²) in [6.07, 6.45) is 3.98. The number of nitrogens with zero attached hydrogens (tertiary/aromatic N) is 2. The van der Waals surface area contributed by atoms with Crippen molar-refractivity contribution in [2.45, 2.75) is 44.9 Å². The van der Waals surface area contributed by atoms with Gasteiger partial charge in [0.05, 0.1) is 6.10 Å². The van der Waals surface area contributed by atoms with E-state index in [-0.39, 0.29) is 29.5 Å². The van der Waals surface area contributed by atoms with Crippen molar-refractivity contribution < 1.29 is 18.7 Å². The standard InChI is InChI=1S/C23H24FN3O4/c1-13(28)26-8-6-17-14(11-26)12-27(16-4-2-15(24)3-5-16)23(30)21(17)22(29)25-19-10-20-18(19)7-9-31-20/h2-5,12,18-20H,6-11H2,1H3,(H,25,29)/t18-,19+,20+/m0/s1. The minimum atomic E-state index is -0.433. The first-order valence-electron chi connectivity index (χ1n) is 10.6. The molecule has 1 N–H and O–H groups in total. The van der Waals surface area contributed by atoms with Gasteiger partial charge in [-0.1, -0.05) is 0 Å². The van der Waals surface area contributed by atoms with Crippen LogP contribution in [0.25, 0.3) is 5.69 Å². The van der Waals surface area contributed by atoms with Crippen LogP contribution in [0, 0.1) is 11.7 Å². The Morgan fingerprint density at radius 2 is 2.00 bits per heavy atom. The van der Waals surface area contributed by atoms with E-state index in [2.05, 4.69) is 5.32 Å². The van der Waals surface area contributed by atoms with Crippen molar-refractivity contribution in [1.82, 2.24) is 14.8 Å². The number of nitrogens with one attached hydrogen (secondary N) is 1.